The van der Waals surface area contributed by atoms with Crippen molar-refractivity contribution in [1.82, 2.24) is 9.78 Å². The molecule has 0 N–H and O–H groups in total. The molecule has 0 amide bonds. The molecule has 0 fully saturated rings. The maximum Gasteiger partial charge on any atom is 0.138 e. The van der Waals surface area contributed by atoms with E-state index in [0.717, 1.165) is 30.8 Å². The predicted octanol–water partition coefficient (Wildman–Crippen LogP) is 3.03. The first-order valence-corrected chi connectivity index (χ1v) is 6.27. The molecule has 0 bridgehead atoms. The van der Waals surface area contributed by atoms with Gasteiger partial charge < -0.3 is 0 Å². The van der Waals surface area contributed by atoms with E-state index < -0.39 is 0 Å². The Kier molecular flexibility index (Phi) is 5.00. The van der Waals surface area contributed by atoms with Crippen molar-refractivity contribution in [2.24, 2.45) is 0 Å². The first-order valence-electron chi connectivity index (χ1n) is 5.89. The van der Waals surface area contributed by atoms with Crippen LogP contribution in [0.4, 0.5) is 0 Å². The monoisotopic (exact) mass is 242 g/mol. The van der Waals surface area contributed by atoms with Gasteiger partial charge in [0.15, 0.2) is 0 Å². The average molecular weight is 243 g/mol. The van der Waals surface area contributed by atoms with Crippen LogP contribution < -0.4 is 0 Å². The van der Waals surface area contributed by atoms with Crippen LogP contribution in [-0.4, -0.2) is 15.6 Å². The van der Waals surface area contributed by atoms with E-state index >= 15 is 0 Å². The molecular formula is C12H19ClN2O. The molecule has 0 saturated carbocycles. The van der Waals surface area contributed by atoms with Gasteiger partial charge in [0.1, 0.15) is 5.78 Å². The number of hydrogen-bond donors (Lipinski definition) is 0. The van der Waals surface area contributed by atoms with Crippen LogP contribution in [0.25, 0.3) is 0 Å². The van der Waals surface area contributed by atoms with Gasteiger partial charge in [0, 0.05) is 19.4 Å². The second-order valence-electron chi connectivity index (χ2n) is 3.84. The maximum absolute atomic E-state index is 11.6. The summed E-state index contributed by atoms with van der Waals surface area (Å²) >= 11 is 6.22. The summed E-state index contributed by atoms with van der Waals surface area (Å²) in [5, 5.41) is 5.07. The average Bonchev–Trinajstić information content (AvgIpc) is 2.56. The lowest BCUT2D eigenvalue weighted by Gasteiger charge is -2.03. The maximum atomic E-state index is 11.6. The number of hydrogen-bond acceptors (Lipinski definition) is 2. The third-order valence-corrected chi connectivity index (χ3v) is 3.02. The lowest BCUT2D eigenvalue weighted by Crippen LogP contribution is -2.09. The highest BCUT2D eigenvalue weighted by molar-refractivity contribution is 6.32. The highest BCUT2D eigenvalue weighted by Gasteiger charge is 2.16. The zero-order valence-electron chi connectivity index (χ0n) is 10.2. The SMILES string of the molecule is CCCC(=O)Cc1c(Cl)c(CC)nn1CC. The Balaban J connectivity index is 2.93. The van der Waals surface area contributed by atoms with Gasteiger partial charge in [-0.1, -0.05) is 25.4 Å². The van der Waals surface area contributed by atoms with Gasteiger partial charge in [-0.25, -0.2) is 0 Å². The van der Waals surface area contributed by atoms with Crippen LogP contribution in [0.15, 0.2) is 0 Å². The van der Waals surface area contributed by atoms with Gasteiger partial charge in [0.2, 0.25) is 0 Å². The highest BCUT2D eigenvalue weighted by Crippen LogP contribution is 2.22. The fourth-order valence-electron chi connectivity index (χ4n) is 1.74. The fourth-order valence-corrected chi connectivity index (χ4v) is 2.08. The topological polar surface area (TPSA) is 34.9 Å². The van der Waals surface area contributed by atoms with Crippen LogP contribution in [0.2, 0.25) is 5.02 Å². The van der Waals surface area contributed by atoms with Crippen LogP contribution in [0.3, 0.4) is 0 Å². The Hall–Kier alpha value is -0.830. The van der Waals surface area contributed by atoms with Crippen LogP contribution in [-0.2, 0) is 24.2 Å². The minimum atomic E-state index is 0.238. The first kappa shape index (κ1) is 13.2. The van der Waals surface area contributed by atoms with Gasteiger partial charge in [-0.3, -0.25) is 9.48 Å². The molecular weight excluding hydrogens is 224 g/mol. The van der Waals surface area contributed by atoms with Gasteiger partial charge in [-0.15, -0.1) is 0 Å². The summed E-state index contributed by atoms with van der Waals surface area (Å²) < 4.78 is 1.84. The number of Topliss-reactive ketones (excluding diaryl/α,β-unsaturated/α-hetero) is 1. The number of aryl methyl sites for hydroxylation is 2. The molecule has 0 aliphatic rings. The van der Waals surface area contributed by atoms with Crippen molar-refractivity contribution >= 4 is 17.4 Å². The van der Waals surface area contributed by atoms with Crippen molar-refractivity contribution in [3.8, 4) is 0 Å². The van der Waals surface area contributed by atoms with E-state index in [2.05, 4.69) is 5.10 Å². The Morgan fingerprint density at radius 2 is 2.06 bits per heavy atom. The van der Waals surface area contributed by atoms with Crippen molar-refractivity contribution in [2.45, 2.75) is 53.0 Å². The number of carbonyl (C=O) groups is 1. The fraction of sp³-hybridized carbons (Fsp3) is 0.667. The molecule has 0 saturated heterocycles. The van der Waals surface area contributed by atoms with E-state index in [-0.39, 0.29) is 5.78 Å². The van der Waals surface area contributed by atoms with Gasteiger partial charge >= 0.3 is 0 Å². The van der Waals surface area contributed by atoms with Gasteiger partial charge in [-0.2, -0.15) is 5.10 Å². The summed E-state index contributed by atoms with van der Waals surface area (Å²) in [4.78, 5) is 11.6. The van der Waals surface area contributed by atoms with Crippen LogP contribution >= 0.6 is 11.6 Å². The number of ketones is 1. The molecule has 0 radical (unpaired) electrons. The molecule has 0 spiro atoms. The van der Waals surface area contributed by atoms with E-state index in [9.17, 15) is 4.79 Å². The highest BCUT2D eigenvalue weighted by atomic mass is 35.5. The third-order valence-electron chi connectivity index (χ3n) is 2.59. The molecule has 4 heteroatoms. The zero-order chi connectivity index (χ0) is 12.1. The van der Waals surface area contributed by atoms with Gasteiger partial charge in [0.05, 0.1) is 16.4 Å². The summed E-state index contributed by atoms with van der Waals surface area (Å²) in [6.45, 7) is 6.80. The molecule has 0 unspecified atom stereocenters. The minimum absolute atomic E-state index is 0.238. The van der Waals surface area contributed by atoms with Crippen molar-refractivity contribution in [3.05, 3.63) is 16.4 Å². The molecule has 90 valence electrons. The molecule has 0 aliphatic carbocycles. The van der Waals surface area contributed by atoms with E-state index in [1.165, 1.54) is 0 Å². The third kappa shape index (κ3) is 2.85. The second-order valence-corrected chi connectivity index (χ2v) is 4.22. The van der Waals surface area contributed by atoms with E-state index in [4.69, 9.17) is 11.6 Å². The number of halogens is 1. The van der Waals surface area contributed by atoms with Crippen molar-refractivity contribution < 1.29 is 4.79 Å². The number of rotatable bonds is 6. The quantitative estimate of drug-likeness (QED) is 0.769. The van der Waals surface area contributed by atoms with Crippen molar-refractivity contribution in [1.29, 1.82) is 0 Å². The molecule has 1 aromatic heterocycles. The van der Waals surface area contributed by atoms with Crippen molar-refractivity contribution in [2.75, 3.05) is 0 Å². The van der Waals surface area contributed by atoms with Crippen LogP contribution in [0.1, 0.15) is 45.0 Å². The standard InChI is InChI=1S/C12H19ClN2O/c1-4-7-9(16)8-11-12(13)10(5-2)14-15(11)6-3/h4-8H2,1-3H3. The zero-order valence-corrected chi connectivity index (χ0v) is 11.0. The molecule has 16 heavy (non-hydrogen) atoms. The Morgan fingerprint density at radius 3 is 2.56 bits per heavy atom. The van der Waals surface area contributed by atoms with Crippen molar-refractivity contribution in [3.63, 3.8) is 0 Å². The predicted molar refractivity (Wildman–Crippen MR) is 65.9 cm³/mol. The molecule has 1 rings (SSSR count). The Morgan fingerprint density at radius 1 is 1.38 bits per heavy atom. The molecule has 0 aliphatic heterocycles. The summed E-state index contributed by atoms with van der Waals surface area (Å²) in [6, 6.07) is 0. The Labute approximate surface area is 102 Å². The first-order chi connectivity index (χ1) is 7.63. The normalized spacial score (nSPS) is 10.8. The minimum Gasteiger partial charge on any atom is -0.299 e. The summed E-state index contributed by atoms with van der Waals surface area (Å²) in [6.07, 6.45) is 2.72. The van der Waals surface area contributed by atoms with Gasteiger partial charge in [0.25, 0.3) is 0 Å². The smallest absolute Gasteiger partial charge is 0.138 e. The van der Waals surface area contributed by atoms with E-state index in [1.54, 1.807) is 0 Å². The summed E-state index contributed by atoms with van der Waals surface area (Å²) in [7, 11) is 0. The molecule has 1 heterocycles. The summed E-state index contributed by atoms with van der Waals surface area (Å²) in [5.74, 6) is 0.238. The Bertz CT molecular complexity index is 371. The number of carbonyl (C=O) groups excluding carboxylic acids is 1. The van der Waals surface area contributed by atoms with Crippen LogP contribution in [0.5, 0.6) is 0 Å². The summed E-state index contributed by atoms with van der Waals surface area (Å²) in [5.41, 5.74) is 1.77. The van der Waals surface area contributed by atoms with E-state index in [0.29, 0.717) is 17.9 Å². The molecule has 0 aromatic carbocycles. The number of nitrogens with zero attached hydrogens (tertiary/aromatic N) is 2. The lowest BCUT2D eigenvalue weighted by atomic mass is 10.1. The molecule has 1 aromatic rings. The molecule has 0 atom stereocenters. The number of aromatic nitrogens is 2. The van der Waals surface area contributed by atoms with Gasteiger partial charge in [-0.05, 0) is 19.8 Å². The lowest BCUT2D eigenvalue weighted by molar-refractivity contribution is -0.118. The van der Waals surface area contributed by atoms with Crippen LogP contribution in [0, 0.1) is 0 Å². The van der Waals surface area contributed by atoms with E-state index in [1.807, 2.05) is 25.5 Å². The molecule has 3 nitrogen and oxygen atoms in total. The second kappa shape index (κ2) is 6.04. The largest absolute Gasteiger partial charge is 0.299 e.